The number of phenols is 2. The van der Waals surface area contributed by atoms with E-state index in [1.807, 2.05) is 6.07 Å². The Hall–Kier alpha value is -3.51. The zero-order valence-electron chi connectivity index (χ0n) is 10.5. The number of hydrogen-bond donors (Lipinski definition) is 3. The highest BCUT2D eigenvalue weighted by Crippen LogP contribution is 2.37. The molecule has 0 radical (unpaired) electrons. The maximum absolute atomic E-state index is 10.9. The highest BCUT2D eigenvalue weighted by Gasteiger charge is 2.17. The fourth-order valence-corrected chi connectivity index (χ4v) is 1.92. The van der Waals surface area contributed by atoms with Crippen LogP contribution in [-0.4, -0.2) is 21.3 Å². The van der Waals surface area contributed by atoms with Crippen molar-refractivity contribution in [1.29, 1.82) is 10.5 Å². The van der Waals surface area contributed by atoms with Crippen molar-refractivity contribution in [2.45, 2.75) is 0 Å². The standard InChI is InChI=1S/C15H8N2O4/c16-6-9-5-8(15(20)21)1-2-10(9)11-3-4-13(18)14(19)12(11)7-17/h1-5,18-19H,(H,20,21). The van der Waals surface area contributed by atoms with E-state index in [-0.39, 0.29) is 22.3 Å². The van der Waals surface area contributed by atoms with E-state index in [0.717, 1.165) is 0 Å². The summed E-state index contributed by atoms with van der Waals surface area (Å²) in [6.07, 6.45) is 0. The van der Waals surface area contributed by atoms with Gasteiger partial charge in [-0.1, -0.05) is 6.07 Å². The molecule has 6 nitrogen and oxygen atoms in total. The highest BCUT2D eigenvalue weighted by molar-refractivity contribution is 5.90. The predicted octanol–water partition coefficient (Wildman–Crippen LogP) is 2.21. The molecule has 2 rings (SSSR count). The normalized spacial score (nSPS) is 9.62. The molecule has 0 fully saturated rings. The number of nitrogens with zero attached hydrogens (tertiary/aromatic N) is 2. The molecule has 0 saturated carbocycles. The van der Waals surface area contributed by atoms with Gasteiger partial charge in [-0.3, -0.25) is 0 Å². The first kappa shape index (κ1) is 13.9. The van der Waals surface area contributed by atoms with Crippen LogP contribution in [0.15, 0.2) is 30.3 Å². The summed E-state index contributed by atoms with van der Waals surface area (Å²) in [5, 5.41) is 46.2. The number of hydrogen-bond acceptors (Lipinski definition) is 5. The van der Waals surface area contributed by atoms with Crippen LogP contribution in [0.3, 0.4) is 0 Å². The number of phenolic OH excluding ortho intramolecular Hbond substituents is 2. The number of carbonyl (C=O) groups is 1. The zero-order chi connectivity index (χ0) is 15.6. The molecule has 0 aliphatic rings. The third kappa shape index (κ3) is 2.34. The van der Waals surface area contributed by atoms with Crippen LogP contribution in [0, 0.1) is 22.7 Å². The molecule has 0 unspecified atom stereocenters. The number of aromatic carboxylic acids is 1. The molecule has 21 heavy (non-hydrogen) atoms. The van der Waals surface area contributed by atoms with Crippen molar-refractivity contribution in [1.82, 2.24) is 0 Å². The molecule has 2 aromatic rings. The Morgan fingerprint density at radius 1 is 1.00 bits per heavy atom. The van der Waals surface area contributed by atoms with Crippen LogP contribution in [0.1, 0.15) is 21.5 Å². The summed E-state index contributed by atoms with van der Waals surface area (Å²) in [5.41, 5.74) is 0.346. The van der Waals surface area contributed by atoms with Crippen LogP contribution in [0.2, 0.25) is 0 Å². The van der Waals surface area contributed by atoms with E-state index >= 15 is 0 Å². The molecule has 0 spiro atoms. The van der Waals surface area contributed by atoms with Gasteiger partial charge in [-0.25, -0.2) is 4.79 Å². The Balaban J connectivity index is 2.75. The maximum atomic E-state index is 10.9. The summed E-state index contributed by atoms with van der Waals surface area (Å²) < 4.78 is 0. The first-order valence-electron chi connectivity index (χ1n) is 5.72. The Bertz CT molecular complexity index is 829. The van der Waals surface area contributed by atoms with E-state index in [4.69, 9.17) is 15.6 Å². The minimum atomic E-state index is -1.17. The summed E-state index contributed by atoms with van der Waals surface area (Å²) in [7, 11) is 0. The van der Waals surface area contributed by atoms with E-state index in [2.05, 4.69) is 0 Å². The fourth-order valence-electron chi connectivity index (χ4n) is 1.92. The maximum Gasteiger partial charge on any atom is 0.335 e. The molecule has 0 saturated heterocycles. The molecule has 6 heteroatoms. The average Bonchev–Trinajstić information content (AvgIpc) is 2.49. The number of benzene rings is 2. The van der Waals surface area contributed by atoms with Crippen LogP contribution in [0.25, 0.3) is 11.1 Å². The topological polar surface area (TPSA) is 125 Å². The second kappa shape index (κ2) is 5.24. The SMILES string of the molecule is N#Cc1cc(C(=O)O)ccc1-c1ccc(O)c(O)c1C#N. The molecule has 0 atom stereocenters. The van der Waals surface area contributed by atoms with E-state index in [9.17, 15) is 15.0 Å². The summed E-state index contributed by atoms with van der Waals surface area (Å²) in [5.74, 6) is -2.20. The molecule has 0 aromatic heterocycles. The number of nitriles is 2. The van der Waals surface area contributed by atoms with E-state index in [1.54, 1.807) is 6.07 Å². The molecule has 2 aromatic carbocycles. The smallest absolute Gasteiger partial charge is 0.335 e. The summed E-state index contributed by atoms with van der Waals surface area (Å²) in [6.45, 7) is 0. The summed E-state index contributed by atoms with van der Waals surface area (Å²) >= 11 is 0. The summed E-state index contributed by atoms with van der Waals surface area (Å²) in [6, 6.07) is 10.0. The number of rotatable bonds is 2. The number of carboxylic acid groups (broad SMARTS) is 1. The predicted molar refractivity (Wildman–Crippen MR) is 71.6 cm³/mol. The van der Waals surface area contributed by atoms with Gasteiger partial charge in [0.05, 0.1) is 17.2 Å². The monoisotopic (exact) mass is 280 g/mol. The van der Waals surface area contributed by atoms with E-state index in [1.165, 1.54) is 30.3 Å². The molecule has 0 heterocycles. The van der Waals surface area contributed by atoms with Crippen LogP contribution < -0.4 is 0 Å². The Morgan fingerprint density at radius 2 is 1.67 bits per heavy atom. The molecule has 3 N–H and O–H groups in total. The average molecular weight is 280 g/mol. The first-order valence-corrected chi connectivity index (χ1v) is 5.72. The fraction of sp³-hybridized carbons (Fsp3) is 0. The van der Waals surface area contributed by atoms with Gasteiger partial charge in [-0.05, 0) is 24.3 Å². The molecule has 102 valence electrons. The molecule has 0 bridgehead atoms. The molecular formula is C15H8N2O4. The zero-order valence-corrected chi connectivity index (χ0v) is 10.5. The van der Waals surface area contributed by atoms with Crippen LogP contribution in [0.5, 0.6) is 11.5 Å². The largest absolute Gasteiger partial charge is 0.504 e. The van der Waals surface area contributed by atoms with Crippen LogP contribution >= 0.6 is 0 Å². The summed E-state index contributed by atoms with van der Waals surface area (Å²) in [4.78, 5) is 10.9. The second-order valence-electron chi connectivity index (χ2n) is 4.14. The Kier molecular flexibility index (Phi) is 3.47. The third-order valence-electron chi connectivity index (χ3n) is 2.95. The lowest BCUT2D eigenvalue weighted by Gasteiger charge is -2.09. The van der Waals surface area contributed by atoms with E-state index < -0.39 is 17.5 Å². The molecule has 0 aliphatic heterocycles. The Morgan fingerprint density at radius 3 is 2.24 bits per heavy atom. The number of carboxylic acids is 1. The third-order valence-corrected chi connectivity index (χ3v) is 2.95. The van der Waals surface area contributed by atoms with Crippen molar-refractivity contribution < 1.29 is 20.1 Å². The van der Waals surface area contributed by atoms with Crippen molar-refractivity contribution in [2.75, 3.05) is 0 Å². The minimum Gasteiger partial charge on any atom is -0.504 e. The minimum absolute atomic E-state index is 0.0523. The lowest BCUT2D eigenvalue weighted by Crippen LogP contribution is -1.98. The van der Waals surface area contributed by atoms with Gasteiger partial charge in [0.2, 0.25) is 0 Å². The van der Waals surface area contributed by atoms with Gasteiger partial charge in [0.1, 0.15) is 11.6 Å². The lowest BCUT2D eigenvalue weighted by molar-refractivity contribution is 0.0697. The highest BCUT2D eigenvalue weighted by atomic mass is 16.4. The van der Waals surface area contributed by atoms with Gasteiger partial charge in [0, 0.05) is 11.1 Å². The lowest BCUT2D eigenvalue weighted by atomic mass is 9.94. The number of aromatic hydroxyl groups is 2. The molecule has 0 amide bonds. The molecular weight excluding hydrogens is 272 g/mol. The van der Waals surface area contributed by atoms with Crippen molar-refractivity contribution >= 4 is 5.97 Å². The van der Waals surface area contributed by atoms with Gasteiger partial charge in [-0.15, -0.1) is 0 Å². The van der Waals surface area contributed by atoms with E-state index in [0.29, 0.717) is 5.56 Å². The van der Waals surface area contributed by atoms with Gasteiger partial charge in [-0.2, -0.15) is 10.5 Å². The van der Waals surface area contributed by atoms with Gasteiger partial charge in [0.25, 0.3) is 0 Å². The second-order valence-corrected chi connectivity index (χ2v) is 4.14. The van der Waals surface area contributed by atoms with Crippen LogP contribution in [-0.2, 0) is 0 Å². The quantitative estimate of drug-likeness (QED) is 0.724. The van der Waals surface area contributed by atoms with Crippen molar-refractivity contribution in [3.8, 4) is 34.8 Å². The van der Waals surface area contributed by atoms with Crippen LogP contribution in [0.4, 0.5) is 0 Å². The van der Waals surface area contributed by atoms with Crippen molar-refractivity contribution in [3.05, 3.63) is 47.0 Å². The van der Waals surface area contributed by atoms with Crippen molar-refractivity contribution in [2.24, 2.45) is 0 Å². The Labute approximate surface area is 119 Å². The van der Waals surface area contributed by atoms with Crippen molar-refractivity contribution in [3.63, 3.8) is 0 Å². The van der Waals surface area contributed by atoms with Gasteiger partial charge in [0.15, 0.2) is 11.5 Å². The first-order chi connectivity index (χ1) is 9.99. The van der Waals surface area contributed by atoms with Gasteiger partial charge >= 0.3 is 5.97 Å². The van der Waals surface area contributed by atoms with Gasteiger partial charge < -0.3 is 15.3 Å². The molecule has 0 aliphatic carbocycles.